The Bertz CT molecular complexity index is 2460. The maximum absolute atomic E-state index is 14.4. The predicted octanol–water partition coefficient (Wildman–Crippen LogP) is 4.58. The lowest BCUT2D eigenvalue weighted by molar-refractivity contribution is -0.312. The molecule has 2 aliphatic heterocycles. The minimum absolute atomic E-state index is 0.00415. The average Bonchev–Trinajstić information content (AvgIpc) is 3.87. The van der Waals surface area contributed by atoms with Crippen molar-refractivity contribution in [1.29, 1.82) is 0 Å². The van der Waals surface area contributed by atoms with E-state index in [1.165, 1.54) is 10.9 Å². The molecule has 2 fully saturated rings. The molecule has 3 aliphatic rings. The molecule has 2 amide bonds. The van der Waals surface area contributed by atoms with E-state index in [1.807, 2.05) is 30.3 Å². The van der Waals surface area contributed by atoms with Crippen LogP contribution in [-0.4, -0.2) is 97.0 Å². The highest BCUT2D eigenvalue weighted by molar-refractivity contribution is 5.95. The number of aryl methyl sites for hydroxylation is 1. The maximum Gasteiger partial charge on any atom is 0.453 e. The van der Waals surface area contributed by atoms with E-state index in [0.29, 0.717) is 28.5 Å². The molecule has 5 aromatic rings. The maximum atomic E-state index is 14.4. The van der Waals surface area contributed by atoms with Crippen molar-refractivity contribution in [2.75, 3.05) is 37.9 Å². The highest BCUT2D eigenvalue weighted by Crippen LogP contribution is 2.49. The number of ether oxygens (including phenoxy) is 3. The zero-order chi connectivity index (χ0) is 41.6. The van der Waals surface area contributed by atoms with Crippen LogP contribution in [0, 0.1) is 12.8 Å². The third kappa shape index (κ3) is 7.46. The molecule has 5 heterocycles. The van der Waals surface area contributed by atoms with E-state index in [1.54, 1.807) is 41.8 Å². The molecule has 310 valence electrons. The largest absolute Gasteiger partial charge is 0.485 e. The van der Waals surface area contributed by atoms with Gasteiger partial charge < -0.3 is 33.9 Å². The van der Waals surface area contributed by atoms with Gasteiger partial charge in [0.25, 0.3) is 11.5 Å². The van der Waals surface area contributed by atoms with Crippen molar-refractivity contribution in [3.05, 3.63) is 87.9 Å². The number of piperazine rings is 1. The second kappa shape index (κ2) is 15.4. The summed E-state index contributed by atoms with van der Waals surface area (Å²) < 4.78 is 86.2. The van der Waals surface area contributed by atoms with Crippen LogP contribution in [0.5, 0.6) is 17.2 Å². The number of hydrogen-bond donors (Lipinski definition) is 1. The van der Waals surface area contributed by atoms with Gasteiger partial charge in [0.1, 0.15) is 25.2 Å². The van der Waals surface area contributed by atoms with Crippen LogP contribution >= 0.6 is 0 Å². The van der Waals surface area contributed by atoms with Crippen LogP contribution in [0.3, 0.4) is 0 Å². The number of carbonyl (C=O) groups excluding carboxylic acids is 2. The molecule has 2 aromatic carbocycles. The molecule has 1 saturated heterocycles. The number of nitrogens with one attached hydrogen (secondary N) is 1. The van der Waals surface area contributed by atoms with Crippen LogP contribution in [0.25, 0.3) is 17.2 Å². The summed E-state index contributed by atoms with van der Waals surface area (Å²) >= 11 is 0. The van der Waals surface area contributed by atoms with Crippen LogP contribution in [0.2, 0.25) is 0 Å². The first-order chi connectivity index (χ1) is 28.2. The monoisotopic (exact) mass is 823 g/mol. The molecule has 59 heavy (non-hydrogen) atoms. The summed E-state index contributed by atoms with van der Waals surface area (Å²) in [6, 6.07) is 13.5. The lowest BCUT2D eigenvalue weighted by Gasteiger charge is -2.40. The number of anilines is 1. The zero-order valence-electron chi connectivity index (χ0n) is 31.8. The number of fused-ring (bicyclic) bond motifs is 2. The number of halogens is 5. The normalized spacial score (nSPS) is 17.9. The number of amides is 2. The Hall–Kier alpha value is -6.34. The van der Waals surface area contributed by atoms with Crippen molar-refractivity contribution in [3.63, 3.8) is 0 Å². The van der Waals surface area contributed by atoms with Crippen molar-refractivity contribution in [2.24, 2.45) is 5.92 Å². The molecular weight excluding hydrogens is 785 g/mol. The van der Waals surface area contributed by atoms with Crippen molar-refractivity contribution in [1.82, 2.24) is 39.3 Å². The number of nitrogens with zero attached hydrogens (tertiary/aromatic N) is 8. The van der Waals surface area contributed by atoms with Gasteiger partial charge in [-0.05, 0) is 49.9 Å². The van der Waals surface area contributed by atoms with Crippen molar-refractivity contribution in [2.45, 2.75) is 64.4 Å². The molecule has 0 unspecified atom stereocenters. The summed E-state index contributed by atoms with van der Waals surface area (Å²) in [6.07, 6.45) is -5.28. The minimum Gasteiger partial charge on any atom is -0.485 e. The highest BCUT2D eigenvalue weighted by atomic mass is 19.4. The lowest BCUT2D eigenvalue weighted by atomic mass is 9.75. The number of carbonyl (C=O) groups is 2. The van der Waals surface area contributed by atoms with Gasteiger partial charge in [-0.1, -0.05) is 37.3 Å². The molecule has 3 aromatic heterocycles. The SMILES string of the molecule is CCc1c(N2CCN(C(=O)c3ncnc(C)c3OCc3ccccc3)CC2)c(=O)n2nc(-c3ccc4c(c3)OCO4)nc2n1CC(=O)NC1CC(C(F)(F)C(F)(F)F)C1. The van der Waals surface area contributed by atoms with Crippen molar-refractivity contribution >= 4 is 23.3 Å². The van der Waals surface area contributed by atoms with Gasteiger partial charge in [-0.15, -0.1) is 5.10 Å². The standard InChI is InChI=1S/C39H38F5N9O6/c1-3-27-32(50-11-13-51(14-12-50)35(55)31-33(22(2)45-20-46-31)57-19-23-7-5-4-6-8-23)36(56)53-37(48-34(49-53)24-9-10-28-29(15-24)59-21-58-28)52(27)18-30(54)47-26-16-25(17-26)38(40,41)39(42,43)44/h4-10,15,20,25-26H,3,11-14,16-19,21H2,1-2H3,(H,47,54). The molecule has 8 rings (SSSR count). The van der Waals surface area contributed by atoms with E-state index in [4.69, 9.17) is 14.2 Å². The first-order valence-corrected chi connectivity index (χ1v) is 18.9. The van der Waals surface area contributed by atoms with Crippen molar-refractivity contribution in [3.8, 4) is 28.6 Å². The molecule has 1 aliphatic carbocycles. The third-order valence-corrected chi connectivity index (χ3v) is 10.8. The summed E-state index contributed by atoms with van der Waals surface area (Å²) in [5.74, 6) is -6.54. The van der Waals surface area contributed by atoms with Crippen LogP contribution < -0.4 is 30.0 Å². The Labute approximate surface area is 332 Å². The fourth-order valence-electron chi connectivity index (χ4n) is 7.57. The molecule has 0 atom stereocenters. The Balaban J connectivity index is 1.07. The number of rotatable bonds is 11. The molecule has 1 N–H and O–H groups in total. The third-order valence-electron chi connectivity index (χ3n) is 10.8. The highest BCUT2D eigenvalue weighted by Gasteiger charge is 2.64. The van der Waals surface area contributed by atoms with Crippen LogP contribution in [0.15, 0.2) is 59.7 Å². The van der Waals surface area contributed by atoms with E-state index >= 15 is 0 Å². The van der Waals surface area contributed by atoms with Gasteiger partial charge in [0.2, 0.25) is 18.5 Å². The Kier molecular flexibility index (Phi) is 10.3. The average molecular weight is 824 g/mol. The quantitative estimate of drug-likeness (QED) is 0.186. The molecule has 0 bridgehead atoms. The van der Waals surface area contributed by atoms with Gasteiger partial charge in [0, 0.05) is 43.7 Å². The second-order valence-electron chi connectivity index (χ2n) is 14.5. The van der Waals surface area contributed by atoms with E-state index in [9.17, 15) is 36.3 Å². The number of hydrogen-bond acceptors (Lipinski definition) is 11. The van der Waals surface area contributed by atoms with Gasteiger partial charge in [0.05, 0.1) is 11.4 Å². The smallest absolute Gasteiger partial charge is 0.453 e. The molecular formula is C39H38F5N9O6. The van der Waals surface area contributed by atoms with E-state index < -0.39 is 54.9 Å². The predicted molar refractivity (Wildman–Crippen MR) is 200 cm³/mol. The van der Waals surface area contributed by atoms with Crippen LogP contribution in [0.4, 0.5) is 27.6 Å². The van der Waals surface area contributed by atoms with Crippen LogP contribution in [-0.2, 0) is 24.4 Å². The van der Waals surface area contributed by atoms with Gasteiger partial charge >= 0.3 is 12.1 Å². The fourth-order valence-corrected chi connectivity index (χ4v) is 7.57. The summed E-state index contributed by atoms with van der Waals surface area (Å²) in [6.45, 7) is 4.06. The number of benzene rings is 2. The van der Waals surface area contributed by atoms with Crippen LogP contribution in [0.1, 0.15) is 47.2 Å². The molecule has 0 spiro atoms. The van der Waals surface area contributed by atoms with E-state index in [0.717, 1.165) is 10.1 Å². The Morgan fingerprint density at radius 1 is 0.966 bits per heavy atom. The number of alkyl halides is 5. The molecule has 1 saturated carbocycles. The molecule has 0 radical (unpaired) electrons. The molecule has 20 heteroatoms. The zero-order valence-corrected chi connectivity index (χ0v) is 31.8. The van der Waals surface area contributed by atoms with E-state index in [2.05, 4.69) is 25.4 Å². The first-order valence-electron chi connectivity index (χ1n) is 18.9. The minimum atomic E-state index is -5.70. The fraction of sp³-hybridized carbons (Fsp3) is 0.410. The number of aromatic nitrogens is 6. The molecule has 15 nitrogen and oxygen atoms in total. The summed E-state index contributed by atoms with van der Waals surface area (Å²) in [5.41, 5.74) is 2.05. The first kappa shape index (κ1) is 39.5. The van der Waals surface area contributed by atoms with Gasteiger partial charge in [-0.2, -0.15) is 31.5 Å². The van der Waals surface area contributed by atoms with Gasteiger partial charge in [-0.3, -0.25) is 14.4 Å². The summed E-state index contributed by atoms with van der Waals surface area (Å²) in [7, 11) is 0. The second-order valence-corrected chi connectivity index (χ2v) is 14.5. The summed E-state index contributed by atoms with van der Waals surface area (Å²) in [5, 5.41) is 7.10. The Morgan fingerprint density at radius 2 is 1.69 bits per heavy atom. The van der Waals surface area contributed by atoms with Gasteiger partial charge in [0.15, 0.2) is 28.8 Å². The van der Waals surface area contributed by atoms with Gasteiger partial charge in [-0.25, -0.2) is 9.97 Å². The summed E-state index contributed by atoms with van der Waals surface area (Å²) in [4.78, 5) is 58.4. The van der Waals surface area contributed by atoms with Crippen molar-refractivity contribution < 1.29 is 45.8 Å². The topological polar surface area (TPSA) is 158 Å². The Morgan fingerprint density at radius 3 is 2.41 bits per heavy atom. The lowest BCUT2D eigenvalue weighted by Crippen LogP contribution is -2.55. The van der Waals surface area contributed by atoms with E-state index in [-0.39, 0.29) is 80.6 Å².